The highest BCUT2D eigenvalue weighted by Gasteiger charge is 2.30. The van der Waals surface area contributed by atoms with Crippen LogP contribution < -0.4 is 10.1 Å². The van der Waals surface area contributed by atoms with E-state index in [-0.39, 0.29) is 10.6 Å². The number of piperidine rings is 1. The first kappa shape index (κ1) is 24.0. The van der Waals surface area contributed by atoms with Crippen LogP contribution in [0.3, 0.4) is 0 Å². The molecule has 0 spiro atoms. The molecule has 0 aromatic heterocycles. The van der Waals surface area contributed by atoms with E-state index in [0.29, 0.717) is 18.0 Å². The lowest BCUT2D eigenvalue weighted by molar-refractivity contribution is -0.137. The molecule has 1 heterocycles. The number of rotatable bonds is 5. The summed E-state index contributed by atoms with van der Waals surface area (Å²) in [7, 11) is 0. The van der Waals surface area contributed by atoms with E-state index in [1.165, 1.54) is 12.8 Å². The Morgan fingerprint density at radius 1 is 1.19 bits per heavy atom. The molecule has 0 atom stereocenters. The molecule has 2 aromatic carbocycles. The first-order chi connectivity index (χ1) is 15.2. The summed E-state index contributed by atoms with van der Waals surface area (Å²) in [5.41, 5.74) is -0.202. The van der Waals surface area contributed by atoms with Crippen LogP contribution in [0.1, 0.15) is 30.9 Å². The summed E-state index contributed by atoms with van der Waals surface area (Å²) in [5.74, 6) is 5.73. The van der Waals surface area contributed by atoms with E-state index >= 15 is 0 Å². The van der Waals surface area contributed by atoms with Crippen molar-refractivity contribution in [2.24, 2.45) is 5.92 Å². The van der Waals surface area contributed by atoms with Crippen molar-refractivity contribution in [2.75, 3.05) is 31.6 Å². The maximum atomic E-state index is 12.7. The molecule has 1 N–H and O–H groups in total. The van der Waals surface area contributed by atoms with Crippen molar-refractivity contribution in [1.82, 2.24) is 4.90 Å². The molecule has 1 amide bonds. The lowest BCUT2D eigenvalue weighted by Gasteiger charge is -2.29. The van der Waals surface area contributed by atoms with Crippen LogP contribution >= 0.6 is 11.6 Å². The van der Waals surface area contributed by atoms with Gasteiger partial charge in [0.05, 0.1) is 10.6 Å². The maximum Gasteiger partial charge on any atom is 0.416 e. The molecule has 1 aliphatic heterocycles. The summed E-state index contributed by atoms with van der Waals surface area (Å²) < 4.78 is 43.8. The van der Waals surface area contributed by atoms with E-state index in [1.54, 1.807) is 24.3 Å². The van der Waals surface area contributed by atoms with Gasteiger partial charge in [-0.15, -0.1) is 0 Å². The monoisotopic (exact) mass is 464 g/mol. The Hall–Kier alpha value is -2.69. The predicted octanol–water partition coefficient (Wildman–Crippen LogP) is 5.46. The number of benzene rings is 2. The van der Waals surface area contributed by atoms with Crippen LogP contribution in [0.5, 0.6) is 5.75 Å². The molecule has 8 heteroatoms. The number of hydrogen-bond donors (Lipinski definition) is 1. The summed E-state index contributed by atoms with van der Waals surface area (Å²) in [4.78, 5) is 14.4. The minimum Gasteiger partial charge on any atom is -0.492 e. The van der Waals surface area contributed by atoms with Gasteiger partial charge in [0.2, 0.25) is 0 Å². The van der Waals surface area contributed by atoms with Crippen LogP contribution in [0, 0.1) is 17.8 Å². The predicted molar refractivity (Wildman–Crippen MR) is 119 cm³/mol. The van der Waals surface area contributed by atoms with Crippen LogP contribution in [0.25, 0.3) is 0 Å². The summed E-state index contributed by atoms with van der Waals surface area (Å²) >= 11 is 5.84. The zero-order valence-corrected chi connectivity index (χ0v) is 18.4. The largest absolute Gasteiger partial charge is 0.492 e. The van der Waals surface area contributed by atoms with Crippen molar-refractivity contribution < 1.29 is 22.7 Å². The molecule has 2 aromatic rings. The van der Waals surface area contributed by atoms with Crippen molar-refractivity contribution in [1.29, 1.82) is 0 Å². The van der Waals surface area contributed by atoms with Crippen molar-refractivity contribution in [3.05, 3.63) is 58.6 Å². The highest BCUT2D eigenvalue weighted by Crippen LogP contribution is 2.31. The second-order valence-electron chi connectivity index (χ2n) is 7.79. The van der Waals surface area contributed by atoms with Gasteiger partial charge in [-0.3, -0.25) is 9.69 Å². The zero-order valence-electron chi connectivity index (χ0n) is 17.6. The standard InChI is InChI=1S/C24H24ClF3N2O2/c1-17-10-12-30(13-11-17)14-15-32-21-7-5-20(6-8-21)29-23(31)9-3-18-2-4-19(16-22(18)25)24(26,27)28/h2,4-8,16-17H,10-15H2,1H3,(H,29,31). The lowest BCUT2D eigenvalue weighted by Crippen LogP contribution is -2.35. The summed E-state index contributed by atoms with van der Waals surface area (Å²) in [6.07, 6.45) is -2.04. The molecule has 0 radical (unpaired) electrons. The van der Waals surface area contributed by atoms with E-state index in [9.17, 15) is 18.0 Å². The first-order valence-corrected chi connectivity index (χ1v) is 10.7. The Balaban J connectivity index is 1.48. The summed E-state index contributed by atoms with van der Waals surface area (Å²) in [6.45, 7) is 5.97. The number of halogens is 4. The first-order valence-electron chi connectivity index (χ1n) is 10.4. The number of carbonyl (C=O) groups excluding carboxylic acids is 1. The third-order valence-electron chi connectivity index (χ3n) is 5.27. The minimum atomic E-state index is -4.49. The molecule has 170 valence electrons. The highest BCUT2D eigenvalue weighted by molar-refractivity contribution is 6.31. The number of nitrogens with zero attached hydrogens (tertiary/aromatic N) is 1. The number of likely N-dealkylation sites (tertiary alicyclic amines) is 1. The van der Waals surface area contributed by atoms with Crippen LogP contribution in [-0.4, -0.2) is 37.0 Å². The van der Waals surface area contributed by atoms with Gasteiger partial charge in [-0.2, -0.15) is 13.2 Å². The number of amides is 1. The van der Waals surface area contributed by atoms with Crippen LogP contribution in [0.4, 0.5) is 18.9 Å². The fraction of sp³-hybridized carbons (Fsp3) is 0.375. The Morgan fingerprint density at radius 2 is 1.88 bits per heavy atom. The summed E-state index contributed by atoms with van der Waals surface area (Å²) in [6, 6.07) is 9.71. The molecular formula is C24H24ClF3N2O2. The van der Waals surface area contributed by atoms with Gasteiger partial charge in [-0.05, 0) is 74.3 Å². The van der Waals surface area contributed by atoms with Gasteiger partial charge in [0.15, 0.2) is 0 Å². The number of hydrogen-bond acceptors (Lipinski definition) is 3. The zero-order chi connectivity index (χ0) is 23.1. The van der Waals surface area contributed by atoms with Gasteiger partial charge in [0, 0.05) is 23.7 Å². The molecule has 1 aliphatic rings. The van der Waals surface area contributed by atoms with Gasteiger partial charge < -0.3 is 10.1 Å². The summed E-state index contributed by atoms with van der Waals surface area (Å²) in [5, 5.41) is 2.44. The van der Waals surface area contributed by atoms with E-state index in [2.05, 4.69) is 29.0 Å². The molecule has 3 rings (SSSR count). The molecule has 0 saturated carbocycles. The average molecular weight is 465 g/mol. The average Bonchev–Trinajstić information content (AvgIpc) is 2.75. The third kappa shape index (κ3) is 7.18. The molecule has 1 fully saturated rings. The Bertz CT molecular complexity index is 989. The number of nitrogens with one attached hydrogen (secondary N) is 1. The van der Waals surface area contributed by atoms with Crippen LogP contribution in [0.2, 0.25) is 5.02 Å². The number of anilines is 1. The SMILES string of the molecule is CC1CCN(CCOc2ccc(NC(=O)C#Cc3ccc(C(F)(F)F)cc3Cl)cc2)CC1. The van der Waals surface area contributed by atoms with Crippen LogP contribution in [-0.2, 0) is 11.0 Å². The van der Waals surface area contributed by atoms with Gasteiger partial charge >= 0.3 is 12.1 Å². The molecular weight excluding hydrogens is 441 g/mol. The maximum absolute atomic E-state index is 12.7. The molecule has 32 heavy (non-hydrogen) atoms. The third-order valence-corrected chi connectivity index (χ3v) is 5.58. The number of ether oxygens (including phenoxy) is 1. The van der Waals surface area contributed by atoms with Gasteiger partial charge in [-0.25, -0.2) is 0 Å². The van der Waals surface area contributed by atoms with E-state index in [0.717, 1.165) is 43.8 Å². The Labute approximate surface area is 190 Å². The topological polar surface area (TPSA) is 41.6 Å². The number of carbonyl (C=O) groups is 1. The van der Waals surface area contributed by atoms with Crippen LogP contribution in [0.15, 0.2) is 42.5 Å². The lowest BCUT2D eigenvalue weighted by atomic mass is 9.99. The fourth-order valence-corrected chi connectivity index (χ4v) is 3.52. The van der Waals surface area contributed by atoms with Crippen molar-refractivity contribution in [2.45, 2.75) is 25.9 Å². The van der Waals surface area contributed by atoms with Gasteiger partial charge in [-0.1, -0.05) is 24.4 Å². The molecule has 0 unspecified atom stereocenters. The molecule has 0 aliphatic carbocycles. The quantitative estimate of drug-likeness (QED) is 0.597. The van der Waals surface area contributed by atoms with Gasteiger partial charge in [0.25, 0.3) is 0 Å². The molecule has 0 bridgehead atoms. The van der Waals surface area contributed by atoms with Crippen molar-refractivity contribution in [3.63, 3.8) is 0 Å². The Morgan fingerprint density at radius 3 is 2.50 bits per heavy atom. The molecule has 1 saturated heterocycles. The smallest absolute Gasteiger partial charge is 0.416 e. The van der Waals surface area contributed by atoms with Crippen molar-refractivity contribution in [3.8, 4) is 17.6 Å². The second kappa shape index (κ2) is 10.8. The second-order valence-corrected chi connectivity index (χ2v) is 8.20. The van der Waals surface area contributed by atoms with E-state index in [4.69, 9.17) is 16.3 Å². The Kier molecular flexibility index (Phi) is 8.05. The normalized spacial score (nSPS) is 15.0. The fourth-order valence-electron chi connectivity index (χ4n) is 3.29. The highest BCUT2D eigenvalue weighted by atomic mass is 35.5. The van der Waals surface area contributed by atoms with Gasteiger partial charge in [0.1, 0.15) is 12.4 Å². The van der Waals surface area contributed by atoms with Crippen molar-refractivity contribution >= 4 is 23.2 Å². The number of alkyl halides is 3. The van der Waals surface area contributed by atoms with E-state index in [1.807, 2.05) is 0 Å². The van der Waals surface area contributed by atoms with E-state index < -0.39 is 17.6 Å². The molecule has 4 nitrogen and oxygen atoms in total. The minimum absolute atomic E-state index is 0.140.